The van der Waals surface area contributed by atoms with Crippen LogP contribution in [0.3, 0.4) is 0 Å². The molecule has 0 N–H and O–H groups in total. The van der Waals surface area contributed by atoms with Crippen molar-refractivity contribution in [3.8, 4) is 0 Å². The predicted octanol–water partition coefficient (Wildman–Crippen LogP) is 1.30. The number of aryl methyl sites for hydroxylation is 3. The summed E-state index contributed by atoms with van der Waals surface area (Å²) in [5, 5.41) is 5.35. The second-order valence-corrected chi connectivity index (χ2v) is 7.05. The minimum atomic E-state index is -0.205. The van der Waals surface area contributed by atoms with Crippen molar-refractivity contribution in [3.63, 3.8) is 0 Å². The topological polar surface area (TPSA) is 84.2 Å². The minimum absolute atomic E-state index is 0.159. The molecule has 1 aliphatic heterocycles. The van der Waals surface area contributed by atoms with Crippen molar-refractivity contribution in [2.24, 2.45) is 7.05 Å². The Kier molecular flexibility index (Phi) is 4.54. The Bertz CT molecular complexity index is 1100. The number of fused-ring (bicyclic) bond motifs is 1. The fourth-order valence-corrected chi connectivity index (χ4v) is 3.57. The van der Waals surface area contributed by atoms with Crippen LogP contribution in [-0.4, -0.2) is 56.7 Å². The van der Waals surface area contributed by atoms with E-state index < -0.39 is 0 Å². The van der Waals surface area contributed by atoms with Gasteiger partial charge in [0, 0.05) is 50.0 Å². The third-order valence-corrected chi connectivity index (χ3v) is 4.98. The van der Waals surface area contributed by atoms with Gasteiger partial charge in [0.1, 0.15) is 0 Å². The van der Waals surface area contributed by atoms with Crippen LogP contribution < -0.4 is 10.5 Å². The van der Waals surface area contributed by atoms with Gasteiger partial charge in [0.25, 0.3) is 11.5 Å². The highest BCUT2D eigenvalue weighted by atomic mass is 16.2. The van der Waals surface area contributed by atoms with Crippen LogP contribution in [0.2, 0.25) is 0 Å². The number of carbonyl (C=O) groups is 1. The van der Waals surface area contributed by atoms with Gasteiger partial charge in [-0.3, -0.25) is 9.59 Å². The molecule has 0 unspecified atom stereocenters. The van der Waals surface area contributed by atoms with E-state index in [2.05, 4.69) is 20.0 Å². The smallest absolute Gasteiger partial charge is 0.275 e. The van der Waals surface area contributed by atoms with Crippen molar-refractivity contribution in [1.29, 1.82) is 0 Å². The monoisotopic (exact) mass is 378 g/mol. The van der Waals surface area contributed by atoms with Gasteiger partial charge in [-0.25, -0.2) is 14.6 Å². The van der Waals surface area contributed by atoms with E-state index in [0.717, 1.165) is 11.4 Å². The number of carbonyl (C=O) groups excluding carboxylic acids is 1. The summed E-state index contributed by atoms with van der Waals surface area (Å²) in [5.41, 5.74) is 1.97. The van der Waals surface area contributed by atoms with E-state index in [1.165, 1.54) is 4.68 Å². The third-order valence-electron chi connectivity index (χ3n) is 4.98. The lowest BCUT2D eigenvalue weighted by Gasteiger charge is -2.34. The van der Waals surface area contributed by atoms with Gasteiger partial charge in [-0.15, -0.1) is 0 Å². The van der Waals surface area contributed by atoms with Gasteiger partial charge in [-0.1, -0.05) is 18.2 Å². The number of rotatable bonds is 2. The summed E-state index contributed by atoms with van der Waals surface area (Å²) in [6.07, 6.45) is 0. The quantitative estimate of drug-likeness (QED) is 0.668. The van der Waals surface area contributed by atoms with Gasteiger partial charge in [0.2, 0.25) is 5.95 Å². The van der Waals surface area contributed by atoms with Gasteiger partial charge >= 0.3 is 0 Å². The van der Waals surface area contributed by atoms with Crippen molar-refractivity contribution in [1.82, 2.24) is 24.6 Å². The molecule has 2 aromatic heterocycles. The van der Waals surface area contributed by atoms with Crippen molar-refractivity contribution in [3.05, 3.63) is 57.8 Å². The molecule has 8 heteroatoms. The molecule has 1 aliphatic rings. The first-order chi connectivity index (χ1) is 13.4. The minimum Gasteiger partial charge on any atom is -0.337 e. The summed E-state index contributed by atoms with van der Waals surface area (Å²) in [5.74, 6) is 0.545. The molecule has 0 aliphatic carbocycles. The van der Waals surface area contributed by atoms with Crippen molar-refractivity contribution in [2.45, 2.75) is 13.8 Å². The molecule has 0 spiro atoms. The molecule has 1 saturated heterocycles. The zero-order valence-electron chi connectivity index (χ0n) is 16.2. The molecule has 0 atom stereocenters. The highest BCUT2D eigenvalue weighted by molar-refractivity contribution is 6.04. The molecule has 1 amide bonds. The Morgan fingerprint density at radius 1 is 0.964 bits per heavy atom. The number of hydrogen-bond acceptors (Lipinski definition) is 6. The molecule has 144 valence electrons. The molecular formula is C20H22N6O2. The Labute approximate surface area is 162 Å². The lowest BCUT2D eigenvalue weighted by Crippen LogP contribution is -2.49. The summed E-state index contributed by atoms with van der Waals surface area (Å²) in [7, 11) is 1.57. The van der Waals surface area contributed by atoms with Crippen molar-refractivity contribution >= 4 is 22.6 Å². The van der Waals surface area contributed by atoms with E-state index in [9.17, 15) is 9.59 Å². The number of nitrogens with zero attached hydrogens (tertiary/aromatic N) is 6. The van der Waals surface area contributed by atoms with Crippen LogP contribution in [0.4, 0.5) is 5.95 Å². The van der Waals surface area contributed by atoms with E-state index >= 15 is 0 Å². The first-order valence-corrected chi connectivity index (χ1v) is 9.26. The van der Waals surface area contributed by atoms with Crippen LogP contribution in [0.1, 0.15) is 21.9 Å². The SMILES string of the molecule is Cc1cc(C)nc(N2CCN(C(=O)c3nn(C)c(=O)c4ccccc34)CC2)n1. The van der Waals surface area contributed by atoms with E-state index in [1.807, 2.05) is 26.0 Å². The van der Waals surface area contributed by atoms with E-state index in [1.54, 1.807) is 30.1 Å². The number of piperazine rings is 1. The average Bonchev–Trinajstić information content (AvgIpc) is 2.69. The highest BCUT2D eigenvalue weighted by Gasteiger charge is 2.26. The van der Waals surface area contributed by atoms with Crippen LogP contribution >= 0.6 is 0 Å². The molecule has 1 aromatic carbocycles. The van der Waals surface area contributed by atoms with Gasteiger partial charge in [0.05, 0.1) is 5.39 Å². The maximum atomic E-state index is 13.1. The van der Waals surface area contributed by atoms with Crippen LogP contribution in [-0.2, 0) is 7.05 Å². The summed E-state index contributed by atoms with van der Waals surface area (Å²) in [4.78, 5) is 38.3. The number of benzene rings is 1. The standard InChI is InChI=1S/C20H22N6O2/c1-13-12-14(2)22-20(21-13)26-10-8-25(9-11-26)19(28)17-15-6-4-5-7-16(15)18(27)24(3)23-17/h4-7,12H,8-11H2,1-3H3. The largest absolute Gasteiger partial charge is 0.337 e. The van der Waals surface area contributed by atoms with Gasteiger partial charge < -0.3 is 9.80 Å². The first-order valence-electron chi connectivity index (χ1n) is 9.26. The molecule has 28 heavy (non-hydrogen) atoms. The molecule has 0 saturated carbocycles. The Morgan fingerprint density at radius 2 is 1.57 bits per heavy atom. The Morgan fingerprint density at radius 3 is 2.21 bits per heavy atom. The lowest BCUT2D eigenvalue weighted by molar-refractivity contribution is 0.0740. The predicted molar refractivity (Wildman–Crippen MR) is 107 cm³/mol. The first kappa shape index (κ1) is 18.1. The summed E-state index contributed by atoms with van der Waals surface area (Å²) in [6, 6.07) is 9.05. The molecule has 3 aromatic rings. The van der Waals surface area contributed by atoms with Crippen molar-refractivity contribution in [2.75, 3.05) is 31.1 Å². The average molecular weight is 378 g/mol. The van der Waals surface area contributed by atoms with Crippen LogP contribution in [0.5, 0.6) is 0 Å². The number of amides is 1. The van der Waals surface area contributed by atoms with E-state index in [-0.39, 0.29) is 11.5 Å². The summed E-state index contributed by atoms with van der Waals surface area (Å²) < 4.78 is 1.23. The molecule has 8 nitrogen and oxygen atoms in total. The highest BCUT2D eigenvalue weighted by Crippen LogP contribution is 2.18. The maximum absolute atomic E-state index is 13.1. The van der Waals surface area contributed by atoms with Crippen LogP contribution in [0.25, 0.3) is 10.8 Å². The molecular weight excluding hydrogens is 356 g/mol. The normalized spacial score (nSPS) is 14.5. The molecule has 4 rings (SSSR count). The Balaban J connectivity index is 1.57. The maximum Gasteiger partial charge on any atom is 0.275 e. The van der Waals surface area contributed by atoms with Crippen LogP contribution in [0, 0.1) is 13.8 Å². The van der Waals surface area contributed by atoms with E-state index in [0.29, 0.717) is 48.6 Å². The van der Waals surface area contributed by atoms with Crippen molar-refractivity contribution < 1.29 is 4.79 Å². The lowest BCUT2D eigenvalue weighted by atomic mass is 10.1. The Hall–Kier alpha value is -3.29. The summed E-state index contributed by atoms with van der Waals surface area (Å²) >= 11 is 0. The number of hydrogen-bond donors (Lipinski definition) is 0. The van der Waals surface area contributed by atoms with Gasteiger partial charge in [-0.2, -0.15) is 5.10 Å². The van der Waals surface area contributed by atoms with Gasteiger partial charge in [0.15, 0.2) is 5.69 Å². The van der Waals surface area contributed by atoms with Gasteiger partial charge in [-0.05, 0) is 26.0 Å². The van der Waals surface area contributed by atoms with E-state index in [4.69, 9.17) is 0 Å². The number of anilines is 1. The number of aromatic nitrogens is 4. The summed E-state index contributed by atoms with van der Waals surface area (Å²) in [6.45, 7) is 6.31. The zero-order chi connectivity index (χ0) is 19.8. The third kappa shape index (κ3) is 3.21. The fraction of sp³-hybridized carbons (Fsp3) is 0.350. The second kappa shape index (κ2) is 7.03. The molecule has 0 bridgehead atoms. The molecule has 3 heterocycles. The zero-order valence-corrected chi connectivity index (χ0v) is 16.2. The molecule has 1 fully saturated rings. The fourth-order valence-electron chi connectivity index (χ4n) is 3.57. The molecule has 0 radical (unpaired) electrons. The second-order valence-electron chi connectivity index (χ2n) is 7.05. The van der Waals surface area contributed by atoms with Crippen LogP contribution in [0.15, 0.2) is 35.1 Å².